The molecule has 3 heteroatoms. The Morgan fingerprint density at radius 1 is 1.32 bits per heavy atom. The van der Waals surface area contributed by atoms with Gasteiger partial charge in [-0.15, -0.1) is 11.8 Å². The van der Waals surface area contributed by atoms with E-state index in [2.05, 4.69) is 42.3 Å². The van der Waals surface area contributed by atoms with Gasteiger partial charge in [-0.25, -0.2) is 0 Å². The van der Waals surface area contributed by atoms with Crippen molar-refractivity contribution in [2.45, 2.75) is 43.7 Å². The van der Waals surface area contributed by atoms with E-state index in [9.17, 15) is 5.11 Å². The highest BCUT2D eigenvalue weighted by atomic mass is 32.2. The minimum Gasteiger partial charge on any atom is -0.395 e. The lowest BCUT2D eigenvalue weighted by Gasteiger charge is -2.35. The Bertz CT molecular complexity index is 375. The van der Waals surface area contributed by atoms with E-state index >= 15 is 0 Å². The molecule has 0 aliphatic heterocycles. The van der Waals surface area contributed by atoms with E-state index in [1.54, 1.807) is 11.8 Å². The first-order valence-corrected chi connectivity index (χ1v) is 8.43. The Labute approximate surface area is 121 Å². The van der Waals surface area contributed by atoms with E-state index in [1.165, 1.54) is 29.7 Å². The predicted molar refractivity (Wildman–Crippen MR) is 82.5 cm³/mol. The normalized spacial score (nSPS) is 17.5. The molecule has 0 bridgehead atoms. The fourth-order valence-corrected chi connectivity index (χ4v) is 2.90. The summed E-state index contributed by atoms with van der Waals surface area (Å²) in [5.41, 5.74) is 1.34. The van der Waals surface area contributed by atoms with Crippen LogP contribution in [0.5, 0.6) is 0 Å². The Morgan fingerprint density at radius 2 is 2.00 bits per heavy atom. The van der Waals surface area contributed by atoms with E-state index in [4.69, 9.17) is 0 Å². The average molecular weight is 279 g/mol. The van der Waals surface area contributed by atoms with Gasteiger partial charge in [0.25, 0.3) is 0 Å². The lowest BCUT2D eigenvalue weighted by atomic mass is 9.85. The average Bonchev–Trinajstić information content (AvgIpc) is 2.41. The summed E-state index contributed by atoms with van der Waals surface area (Å²) in [4.78, 5) is 3.74. The van der Waals surface area contributed by atoms with Crippen LogP contribution in [-0.2, 0) is 6.54 Å². The lowest BCUT2D eigenvalue weighted by molar-refractivity contribution is 0.0918. The first-order valence-electron chi connectivity index (χ1n) is 7.20. The van der Waals surface area contributed by atoms with Crippen LogP contribution in [0.15, 0.2) is 29.2 Å². The fourth-order valence-electron chi connectivity index (χ4n) is 2.49. The molecule has 0 radical (unpaired) electrons. The van der Waals surface area contributed by atoms with Gasteiger partial charge in [-0.05, 0) is 49.6 Å². The second kappa shape index (κ2) is 7.32. The quantitative estimate of drug-likeness (QED) is 0.774. The SMILES string of the molecule is CSc1ccc(CN(CC2CCC2)C(C)CO)cc1. The summed E-state index contributed by atoms with van der Waals surface area (Å²) >= 11 is 1.78. The van der Waals surface area contributed by atoms with Crippen LogP contribution < -0.4 is 0 Å². The molecule has 1 aromatic rings. The molecule has 1 N–H and O–H groups in total. The first kappa shape index (κ1) is 14.9. The molecule has 2 nitrogen and oxygen atoms in total. The molecule has 1 fully saturated rings. The van der Waals surface area contributed by atoms with Crippen LogP contribution >= 0.6 is 11.8 Å². The number of rotatable bonds is 7. The summed E-state index contributed by atoms with van der Waals surface area (Å²) in [5.74, 6) is 0.847. The fraction of sp³-hybridized carbons (Fsp3) is 0.625. The molecule has 2 rings (SSSR count). The van der Waals surface area contributed by atoms with Crippen molar-refractivity contribution in [3.63, 3.8) is 0 Å². The van der Waals surface area contributed by atoms with Gasteiger partial charge in [0, 0.05) is 24.0 Å². The third kappa shape index (κ3) is 4.23. The van der Waals surface area contributed by atoms with Crippen molar-refractivity contribution in [1.82, 2.24) is 4.90 Å². The zero-order valence-corrected chi connectivity index (χ0v) is 12.8. The molecule has 0 aromatic heterocycles. The Kier molecular flexibility index (Phi) is 5.74. The number of hydrogen-bond acceptors (Lipinski definition) is 3. The maximum atomic E-state index is 9.42. The largest absolute Gasteiger partial charge is 0.395 e. The smallest absolute Gasteiger partial charge is 0.0584 e. The number of nitrogens with zero attached hydrogens (tertiary/aromatic N) is 1. The van der Waals surface area contributed by atoms with Gasteiger partial charge >= 0.3 is 0 Å². The third-order valence-corrected chi connectivity index (χ3v) is 4.89. The molecule has 0 spiro atoms. The summed E-state index contributed by atoms with van der Waals surface area (Å²) in [6.45, 7) is 4.45. The topological polar surface area (TPSA) is 23.5 Å². The maximum Gasteiger partial charge on any atom is 0.0584 e. The van der Waals surface area contributed by atoms with Gasteiger partial charge in [0.15, 0.2) is 0 Å². The number of benzene rings is 1. The van der Waals surface area contributed by atoms with Crippen molar-refractivity contribution in [2.75, 3.05) is 19.4 Å². The van der Waals surface area contributed by atoms with Crippen LogP contribution in [0.25, 0.3) is 0 Å². The summed E-state index contributed by atoms with van der Waals surface area (Å²) in [6, 6.07) is 9.05. The highest BCUT2D eigenvalue weighted by molar-refractivity contribution is 7.98. The zero-order valence-electron chi connectivity index (χ0n) is 12.0. The summed E-state index contributed by atoms with van der Waals surface area (Å²) in [6.07, 6.45) is 6.21. The van der Waals surface area contributed by atoms with E-state index in [0.717, 1.165) is 19.0 Å². The van der Waals surface area contributed by atoms with Gasteiger partial charge < -0.3 is 5.11 Å². The molecule has 1 atom stereocenters. The van der Waals surface area contributed by atoms with E-state index < -0.39 is 0 Å². The molecule has 0 amide bonds. The number of aliphatic hydroxyl groups is 1. The second-order valence-corrected chi connectivity index (χ2v) is 6.49. The van der Waals surface area contributed by atoms with Crippen LogP contribution in [0.3, 0.4) is 0 Å². The van der Waals surface area contributed by atoms with Crippen LogP contribution in [0.4, 0.5) is 0 Å². The van der Waals surface area contributed by atoms with Gasteiger partial charge in [-0.3, -0.25) is 4.90 Å². The molecule has 106 valence electrons. The van der Waals surface area contributed by atoms with E-state index in [-0.39, 0.29) is 12.6 Å². The van der Waals surface area contributed by atoms with Crippen LogP contribution in [-0.4, -0.2) is 35.5 Å². The minimum absolute atomic E-state index is 0.246. The molecule has 0 heterocycles. The Hall–Kier alpha value is -0.510. The molecule has 1 saturated carbocycles. The first-order chi connectivity index (χ1) is 9.22. The van der Waals surface area contributed by atoms with Crippen molar-refractivity contribution >= 4 is 11.8 Å². The summed E-state index contributed by atoms with van der Waals surface area (Å²) in [5, 5.41) is 9.42. The maximum absolute atomic E-state index is 9.42. The van der Waals surface area contributed by atoms with Crippen molar-refractivity contribution in [2.24, 2.45) is 5.92 Å². The molecular formula is C16H25NOS. The van der Waals surface area contributed by atoms with Gasteiger partial charge in [0.1, 0.15) is 0 Å². The van der Waals surface area contributed by atoms with Crippen molar-refractivity contribution in [3.05, 3.63) is 29.8 Å². The molecule has 1 aromatic carbocycles. The molecule has 1 aliphatic rings. The molecular weight excluding hydrogens is 254 g/mol. The highest BCUT2D eigenvalue weighted by Crippen LogP contribution is 2.28. The highest BCUT2D eigenvalue weighted by Gasteiger charge is 2.23. The van der Waals surface area contributed by atoms with E-state index in [0.29, 0.717) is 0 Å². The number of hydrogen-bond donors (Lipinski definition) is 1. The van der Waals surface area contributed by atoms with Crippen molar-refractivity contribution in [1.29, 1.82) is 0 Å². The van der Waals surface area contributed by atoms with Gasteiger partial charge in [-0.2, -0.15) is 0 Å². The van der Waals surface area contributed by atoms with Crippen LogP contribution in [0.1, 0.15) is 31.7 Å². The molecule has 1 unspecified atom stereocenters. The van der Waals surface area contributed by atoms with Crippen LogP contribution in [0, 0.1) is 5.92 Å². The zero-order chi connectivity index (χ0) is 13.7. The molecule has 0 saturated heterocycles. The minimum atomic E-state index is 0.246. The molecule has 1 aliphatic carbocycles. The summed E-state index contributed by atoms with van der Waals surface area (Å²) < 4.78 is 0. The number of aliphatic hydroxyl groups excluding tert-OH is 1. The monoisotopic (exact) mass is 279 g/mol. The standard InChI is InChI=1S/C16H25NOS/c1-13(12-18)17(10-14-4-3-5-14)11-15-6-8-16(19-2)9-7-15/h6-9,13-14,18H,3-5,10-12H2,1-2H3. The third-order valence-electron chi connectivity index (χ3n) is 4.15. The number of thioether (sulfide) groups is 1. The van der Waals surface area contributed by atoms with Gasteiger partial charge in [-0.1, -0.05) is 18.6 Å². The van der Waals surface area contributed by atoms with E-state index in [1.807, 2.05) is 0 Å². The predicted octanol–water partition coefficient (Wildman–Crippen LogP) is 3.39. The Balaban J connectivity index is 1.96. The van der Waals surface area contributed by atoms with Gasteiger partial charge in [0.05, 0.1) is 6.61 Å². The lowest BCUT2D eigenvalue weighted by Crippen LogP contribution is -2.40. The Morgan fingerprint density at radius 3 is 2.47 bits per heavy atom. The second-order valence-electron chi connectivity index (χ2n) is 5.61. The van der Waals surface area contributed by atoms with Crippen molar-refractivity contribution < 1.29 is 5.11 Å². The van der Waals surface area contributed by atoms with Crippen molar-refractivity contribution in [3.8, 4) is 0 Å². The van der Waals surface area contributed by atoms with Gasteiger partial charge in [0.2, 0.25) is 0 Å². The van der Waals surface area contributed by atoms with Crippen LogP contribution in [0.2, 0.25) is 0 Å². The molecule has 19 heavy (non-hydrogen) atoms. The summed E-state index contributed by atoms with van der Waals surface area (Å²) in [7, 11) is 0.